The van der Waals surface area contributed by atoms with E-state index in [4.69, 9.17) is 8.92 Å². The van der Waals surface area contributed by atoms with Crippen LogP contribution in [0.4, 0.5) is 5.69 Å². The minimum absolute atomic E-state index is 0.0474. The van der Waals surface area contributed by atoms with Crippen LogP contribution in [0.5, 0.6) is 6.01 Å². The molecule has 3 rings (SSSR count). The van der Waals surface area contributed by atoms with Gasteiger partial charge in [0.2, 0.25) is 0 Å². The van der Waals surface area contributed by atoms with Crippen LogP contribution in [0, 0.1) is 24.0 Å². The third-order valence-electron chi connectivity index (χ3n) is 4.37. The number of rotatable bonds is 7. The second kappa shape index (κ2) is 9.10. The molecule has 0 N–H and O–H groups in total. The number of benzene rings is 2. The first-order valence-electron chi connectivity index (χ1n) is 9.44. The maximum Gasteiger partial charge on any atom is 0.342 e. The largest absolute Gasteiger partial charge is 0.462 e. The summed E-state index contributed by atoms with van der Waals surface area (Å²) in [6.07, 6.45) is 0. The summed E-state index contributed by atoms with van der Waals surface area (Å²) in [4.78, 5) is 31.1. The third kappa shape index (κ3) is 4.89. The number of esters is 1. The third-order valence-corrected chi connectivity index (χ3v) is 5.59. The van der Waals surface area contributed by atoms with Crippen molar-refractivity contribution in [3.63, 3.8) is 0 Å². The monoisotopic (exact) mass is 457 g/mol. The van der Waals surface area contributed by atoms with Gasteiger partial charge in [0.05, 0.1) is 22.9 Å². The van der Waals surface area contributed by atoms with Gasteiger partial charge in [-0.1, -0.05) is 29.8 Å². The summed E-state index contributed by atoms with van der Waals surface area (Å²) < 4.78 is 35.5. The van der Waals surface area contributed by atoms with Crippen LogP contribution in [-0.4, -0.2) is 35.9 Å². The second-order valence-electron chi connectivity index (χ2n) is 6.69. The van der Waals surface area contributed by atoms with Crippen LogP contribution in [0.25, 0.3) is 11.3 Å². The summed E-state index contributed by atoms with van der Waals surface area (Å²) in [6, 6.07) is 10.9. The Kier molecular flexibility index (Phi) is 6.49. The standard InChI is InChI=1S/C21H19N3O7S/c1-4-30-20(25)18-14(3)22-21(31-32(28,29)17-10-8-13(2)9-11-17)23-19(18)15-6-5-7-16(12-15)24(26)27/h5-12H,4H2,1-3H3. The summed E-state index contributed by atoms with van der Waals surface area (Å²) in [5.41, 5.74) is 0.826. The normalized spacial score (nSPS) is 11.1. The molecule has 0 saturated carbocycles. The van der Waals surface area contributed by atoms with Crippen molar-refractivity contribution in [2.45, 2.75) is 25.7 Å². The number of nitro groups is 1. The van der Waals surface area contributed by atoms with Crippen molar-refractivity contribution in [3.05, 3.63) is 75.5 Å². The van der Waals surface area contributed by atoms with E-state index < -0.39 is 27.0 Å². The lowest BCUT2D eigenvalue weighted by Gasteiger charge is -2.13. The van der Waals surface area contributed by atoms with Crippen LogP contribution in [0.2, 0.25) is 0 Å². The predicted molar refractivity (Wildman–Crippen MR) is 114 cm³/mol. The first kappa shape index (κ1) is 22.8. The first-order chi connectivity index (χ1) is 15.1. The SMILES string of the molecule is CCOC(=O)c1c(C)nc(OS(=O)(=O)c2ccc(C)cc2)nc1-c1cccc([N+](=O)[O-])c1. The number of aromatic nitrogens is 2. The fourth-order valence-corrected chi connectivity index (χ4v) is 3.70. The molecule has 10 nitrogen and oxygen atoms in total. The van der Waals surface area contributed by atoms with E-state index in [0.717, 1.165) is 5.56 Å². The van der Waals surface area contributed by atoms with Crippen LogP contribution < -0.4 is 4.18 Å². The van der Waals surface area contributed by atoms with E-state index >= 15 is 0 Å². The lowest BCUT2D eigenvalue weighted by molar-refractivity contribution is -0.384. The molecule has 0 fully saturated rings. The average molecular weight is 457 g/mol. The molecule has 0 aliphatic carbocycles. The minimum Gasteiger partial charge on any atom is -0.462 e. The highest BCUT2D eigenvalue weighted by Gasteiger charge is 2.25. The van der Waals surface area contributed by atoms with Gasteiger partial charge in [0.1, 0.15) is 10.5 Å². The molecule has 1 aromatic heterocycles. The maximum absolute atomic E-state index is 12.7. The molecule has 0 saturated heterocycles. The molecular weight excluding hydrogens is 438 g/mol. The van der Waals surface area contributed by atoms with Gasteiger partial charge in [-0.3, -0.25) is 10.1 Å². The Hall–Kier alpha value is -3.86. The average Bonchev–Trinajstić information content (AvgIpc) is 2.73. The molecule has 0 atom stereocenters. The maximum atomic E-state index is 12.7. The van der Waals surface area contributed by atoms with E-state index in [1.54, 1.807) is 19.1 Å². The summed E-state index contributed by atoms with van der Waals surface area (Å²) in [5, 5.41) is 11.2. The summed E-state index contributed by atoms with van der Waals surface area (Å²) in [7, 11) is -4.26. The molecule has 3 aromatic rings. The molecular formula is C21H19N3O7S. The fourth-order valence-electron chi connectivity index (χ4n) is 2.86. The molecule has 11 heteroatoms. The summed E-state index contributed by atoms with van der Waals surface area (Å²) >= 11 is 0. The van der Waals surface area contributed by atoms with Crippen LogP contribution in [0.3, 0.4) is 0 Å². The van der Waals surface area contributed by atoms with Crippen molar-refractivity contribution in [2.24, 2.45) is 0 Å². The number of aryl methyl sites for hydroxylation is 2. The van der Waals surface area contributed by atoms with E-state index in [1.165, 1.54) is 43.3 Å². The van der Waals surface area contributed by atoms with Crippen molar-refractivity contribution >= 4 is 21.8 Å². The number of nitro benzene ring substituents is 1. The van der Waals surface area contributed by atoms with Crippen molar-refractivity contribution in [3.8, 4) is 17.3 Å². The van der Waals surface area contributed by atoms with Gasteiger partial charge in [-0.2, -0.15) is 18.4 Å². The van der Waals surface area contributed by atoms with Crippen LogP contribution >= 0.6 is 0 Å². The quantitative estimate of drug-likeness (QED) is 0.225. The van der Waals surface area contributed by atoms with Gasteiger partial charge in [0.15, 0.2) is 0 Å². The minimum atomic E-state index is -4.26. The fraction of sp³-hybridized carbons (Fsp3) is 0.190. The molecule has 166 valence electrons. The lowest BCUT2D eigenvalue weighted by atomic mass is 10.0. The number of hydrogen-bond donors (Lipinski definition) is 0. The molecule has 2 aromatic carbocycles. The van der Waals surface area contributed by atoms with Crippen molar-refractivity contribution < 1.29 is 27.1 Å². The zero-order chi connectivity index (χ0) is 23.5. The Morgan fingerprint density at radius 3 is 2.41 bits per heavy atom. The number of hydrogen-bond acceptors (Lipinski definition) is 9. The molecule has 1 heterocycles. The number of nitrogens with zero attached hydrogens (tertiary/aromatic N) is 3. The van der Waals surface area contributed by atoms with E-state index in [1.807, 2.05) is 6.92 Å². The van der Waals surface area contributed by atoms with Gasteiger partial charge in [-0.15, -0.1) is 0 Å². The van der Waals surface area contributed by atoms with Crippen LogP contribution in [0.1, 0.15) is 28.5 Å². The highest BCUT2D eigenvalue weighted by atomic mass is 32.2. The van der Waals surface area contributed by atoms with E-state index in [9.17, 15) is 23.3 Å². The zero-order valence-electron chi connectivity index (χ0n) is 17.4. The topological polar surface area (TPSA) is 139 Å². The summed E-state index contributed by atoms with van der Waals surface area (Å²) in [6.45, 7) is 4.96. The molecule has 0 bridgehead atoms. The Morgan fingerprint density at radius 2 is 1.78 bits per heavy atom. The smallest absolute Gasteiger partial charge is 0.342 e. The number of ether oxygens (including phenoxy) is 1. The molecule has 32 heavy (non-hydrogen) atoms. The van der Waals surface area contributed by atoms with Gasteiger partial charge >= 0.3 is 22.1 Å². The van der Waals surface area contributed by atoms with Crippen molar-refractivity contribution in [1.29, 1.82) is 0 Å². The molecule has 0 radical (unpaired) electrons. The number of carbonyl (C=O) groups excluding carboxylic acids is 1. The molecule has 0 aliphatic rings. The van der Waals surface area contributed by atoms with Crippen molar-refractivity contribution in [1.82, 2.24) is 9.97 Å². The van der Waals surface area contributed by atoms with E-state index in [0.29, 0.717) is 0 Å². The molecule has 0 spiro atoms. The van der Waals surface area contributed by atoms with E-state index in [2.05, 4.69) is 9.97 Å². The van der Waals surface area contributed by atoms with Crippen molar-refractivity contribution in [2.75, 3.05) is 6.61 Å². The van der Waals surface area contributed by atoms with Crippen LogP contribution in [0.15, 0.2) is 53.4 Å². The first-order valence-corrected chi connectivity index (χ1v) is 10.8. The zero-order valence-corrected chi connectivity index (χ0v) is 18.3. The predicted octanol–water partition coefficient (Wildman–Crippen LogP) is 3.61. The number of non-ortho nitro benzene ring substituents is 1. The molecule has 0 unspecified atom stereocenters. The van der Waals surface area contributed by atoms with Gasteiger partial charge in [0.25, 0.3) is 5.69 Å². The molecule has 0 aliphatic heterocycles. The summed E-state index contributed by atoms with van der Waals surface area (Å²) in [5.74, 6) is -0.751. The number of carbonyl (C=O) groups is 1. The van der Waals surface area contributed by atoms with Crippen LogP contribution in [-0.2, 0) is 14.9 Å². The Bertz CT molecular complexity index is 1290. The Balaban J connectivity index is 2.14. The second-order valence-corrected chi connectivity index (χ2v) is 8.24. The highest BCUT2D eigenvalue weighted by molar-refractivity contribution is 7.87. The van der Waals surface area contributed by atoms with Gasteiger partial charge < -0.3 is 8.92 Å². The van der Waals surface area contributed by atoms with Gasteiger partial charge in [0, 0.05) is 17.7 Å². The Morgan fingerprint density at radius 1 is 1.09 bits per heavy atom. The van der Waals surface area contributed by atoms with Gasteiger partial charge in [-0.05, 0) is 32.9 Å². The highest BCUT2D eigenvalue weighted by Crippen LogP contribution is 2.29. The van der Waals surface area contributed by atoms with E-state index in [-0.39, 0.29) is 39.7 Å². The van der Waals surface area contributed by atoms with Gasteiger partial charge in [-0.25, -0.2) is 4.79 Å². The Labute approximate surface area is 184 Å². The lowest BCUT2D eigenvalue weighted by Crippen LogP contribution is -2.16. The molecule has 0 amide bonds.